The van der Waals surface area contributed by atoms with Gasteiger partial charge in [-0.2, -0.15) is 0 Å². The van der Waals surface area contributed by atoms with Crippen LogP contribution in [0.5, 0.6) is 0 Å². The van der Waals surface area contributed by atoms with E-state index in [1.807, 2.05) is 19.9 Å². The number of hydrogen-bond acceptors (Lipinski definition) is 5. The van der Waals surface area contributed by atoms with E-state index in [0.717, 1.165) is 16.3 Å². The largest absolute Gasteiger partial charge is 0.462 e. The molecular formula is C22H24BrN3O4. The molecule has 3 rings (SSSR count). The molecule has 0 spiro atoms. The van der Waals surface area contributed by atoms with Crippen molar-refractivity contribution in [2.45, 2.75) is 34.1 Å². The van der Waals surface area contributed by atoms with Crippen LogP contribution < -0.4 is 10.9 Å². The molecule has 2 aromatic heterocycles. The molecule has 1 N–H and O–H groups in total. The van der Waals surface area contributed by atoms with Gasteiger partial charge in [-0.05, 0) is 31.0 Å². The second-order valence-electron chi connectivity index (χ2n) is 7.25. The van der Waals surface area contributed by atoms with E-state index >= 15 is 0 Å². The third-order valence-electron chi connectivity index (χ3n) is 5.46. The highest BCUT2D eigenvalue weighted by molar-refractivity contribution is 9.10. The minimum Gasteiger partial charge on any atom is -0.462 e. The van der Waals surface area contributed by atoms with Gasteiger partial charge in [0, 0.05) is 33.6 Å². The number of nitrogens with one attached hydrogen (secondary N) is 1. The van der Waals surface area contributed by atoms with Gasteiger partial charge in [-0.15, -0.1) is 0 Å². The average molecular weight is 474 g/mol. The molecule has 8 heteroatoms. The van der Waals surface area contributed by atoms with E-state index in [0.29, 0.717) is 16.7 Å². The molecule has 30 heavy (non-hydrogen) atoms. The van der Waals surface area contributed by atoms with Gasteiger partial charge in [0.15, 0.2) is 0 Å². The molecule has 0 aliphatic rings. The number of aromatic nitrogens is 2. The van der Waals surface area contributed by atoms with Crippen LogP contribution in [0.25, 0.3) is 16.4 Å². The number of amides is 1. The lowest BCUT2D eigenvalue weighted by Crippen LogP contribution is -2.26. The summed E-state index contributed by atoms with van der Waals surface area (Å²) in [6, 6.07) is 5.37. The molecule has 7 nitrogen and oxygen atoms in total. The standard InChI is InChI=1S/C22H24BrN3O4/c1-5-12(3)13(4)20(27)25-17-8-7-16(23)14-9-10-26-19(18(14)17)24-11-15(21(26)28)22(29)30-6-2/h7-13H,5-6H2,1-4H3,(H,25,27). The first-order valence-corrected chi connectivity index (χ1v) is 10.7. The number of pyridine rings is 1. The highest BCUT2D eigenvalue weighted by Crippen LogP contribution is 2.33. The minimum atomic E-state index is -0.713. The quantitative estimate of drug-likeness (QED) is 0.422. The first kappa shape index (κ1) is 22.0. The number of carbonyl (C=O) groups is 2. The van der Waals surface area contributed by atoms with E-state index in [4.69, 9.17) is 4.74 Å². The van der Waals surface area contributed by atoms with Crippen LogP contribution in [0.3, 0.4) is 0 Å². The van der Waals surface area contributed by atoms with E-state index < -0.39 is 11.5 Å². The summed E-state index contributed by atoms with van der Waals surface area (Å²) in [5, 5.41) is 4.40. The Bertz CT molecular complexity index is 1190. The van der Waals surface area contributed by atoms with E-state index in [2.05, 4.69) is 33.2 Å². The maximum Gasteiger partial charge on any atom is 0.345 e. The topological polar surface area (TPSA) is 89.8 Å². The van der Waals surface area contributed by atoms with E-state index in [9.17, 15) is 14.4 Å². The second kappa shape index (κ2) is 8.95. The molecule has 2 unspecified atom stereocenters. The Balaban J connectivity index is 2.20. The van der Waals surface area contributed by atoms with Gasteiger partial charge >= 0.3 is 5.97 Å². The van der Waals surface area contributed by atoms with Gasteiger partial charge in [-0.25, -0.2) is 9.78 Å². The normalized spacial score (nSPS) is 13.2. The number of benzene rings is 1. The van der Waals surface area contributed by atoms with Crippen molar-refractivity contribution in [1.82, 2.24) is 9.38 Å². The van der Waals surface area contributed by atoms with Crippen LogP contribution in [0, 0.1) is 11.8 Å². The minimum absolute atomic E-state index is 0.0968. The maximum absolute atomic E-state index is 12.9. The molecule has 0 bridgehead atoms. The first-order valence-electron chi connectivity index (χ1n) is 9.90. The summed E-state index contributed by atoms with van der Waals surface area (Å²) >= 11 is 3.52. The molecule has 0 aliphatic heterocycles. The lowest BCUT2D eigenvalue weighted by Gasteiger charge is -2.19. The molecule has 2 atom stereocenters. The van der Waals surface area contributed by atoms with Crippen LogP contribution >= 0.6 is 15.9 Å². The third kappa shape index (κ3) is 3.96. The van der Waals surface area contributed by atoms with Crippen LogP contribution in [-0.2, 0) is 9.53 Å². The zero-order valence-corrected chi connectivity index (χ0v) is 18.9. The van der Waals surface area contributed by atoms with Gasteiger partial charge in [0.2, 0.25) is 5.91 Å². The lowest BCUT2D eigenvalue weighted by molar-refractivity contribution is -0.120. The monoisotopic (exact) mass is 473 g/mol. The molecular weight excluding hydrogens is 450 g/mol. The Kier molecular flexibility index (Phi) is 6.55. The number of anilines is 1. The first-order chi connectivity index (χ1) is 14.3. The summed E-state index contributed by atoms with van der Waals surface area (Å²) in [6.45, 7) is 7.82. The summed E-state index contributed by atoms with van der Waals surface area (Å²) in [7, 11) is 0. The fourth-order valence-electron chi connectivity index (χ4n) is 3.25. The van der Waals surface area contributed by atoms with Gasteiger partial charge in [0.05, 0.1) is 12.3 Å². The Morgan fingerprint density at radius 2 is 1.97 bits per heavy atom. The molecule has 0 aliphatic carbocycles. The zero-order valence-electron chi connectivity index (χ0n) is 17.4. The lowest BCUT2D eigenvalue weighted by atomic mass is 9.93. The summed E-state index contributed by atoms with van der Waals surface area (Å²) in [4.78, 5) is 42.1. The second-order valence-corrected chi connectivity index (χ2v) is 8.11. The number of esters is 1. The number of carbonyl (C=O) groups excluding carboxylic acids is 2. The summed E-state index contributed by atoms with van der Waals surface area (Å²) < 4.78 is 7.05. The smallest absolute Gasteiger partial charge is 0.345 e. The number of nitrogens with zero attached hydrogens (tertiary/aromatic N) is 2. The van der Waals surface area contributed by atoms with E-state index in [-0.39, 0.29) is 29.9 Å². The van der Waals surface area contributed by atoms with Crippen LogP contribution in [0.15, 0.2) is 39.9 Å². The Morgan fingerprint density at radius 1 is 1.23 bits per heavy atom. The highest BCUT2D eigenvalue weighted by atomic mass is 79.9. The van der Waals surface area contributed by atoms with Crippen molar-refractivity contribution >= 4 is 49.9 Å². The number of ether oxygens (including phenoxy) is 1. The fraction of sp³-hybridized carbons (Fsp3) is 0.364. The van der Waals surface area contributed by atoms with Crippen molar-refractivity contribution in [3.05, 3.63) is 51.0 Å². The van der Waals surface area contributed by atoms with E-state index in [1.165, 1.54) is 10.6 Å². The number of hydrogen-bond donors (Lipinski definition) is 1. The van der Waals surface area contributed by atoms with Crippen molar-refractivity contribution in [3.8, 4) is 0 Å². The molecule has 1 aromatic carbocycles. The van der Waals surface area contributed by atoms with Crippen molar-refractivity contribution in [2.24, 2.45) is 11.8 Å². The molecule has 0 fully saturated rings. The zero-order chi connectivity index (χ0) is 22.0. The Hall–Kier alpha value is -2.74. The SMILES string of the molecule is CCOC(=O)c1cnc2c3c(NC(=O)C(C)C(C)CC)ccc(Br)c3ccn2c1=O. The fourth-order valence-corrected chi connectivity index (χ4v) is 3.71. The molecule has 1 amide bonds. The van der Waals surface area contributed by atoms with Crippen molar-refractivity contribution in [1.29, 1.82) is 0 Å². The number of rotatable bonds is 6. The summed E-state index contributed by atoms with van der Waals surface area (Å²) in [5.74, 6) is -0.749. The van der Waals surface area contributed by atoms with Crippen molar-refractivity contribution in [3.63, 3.8) is 0 Å². The van der Waals surface area contributed by atoms with Gasteiger partial charge < -0.3 is 10.1 Å². The number of fused-ring (bicyclic) bond motifs is 3. The van der Waals surface area contributed by atoms with Crippen LogP contribution in [-0.4, -0.2) is 27.9 Å². The predicted octanol–water partition coefficient (Wildman–Crippen LogP) is 4.41. The van der Waals surface area contributed by atoms with E-state index in [1.54, 1.807) is 25.3 Å². The molecule has 0 saturated heterocycles. The maximum atomic E-state index is 12.9. The average Bonchev–Trinajstić information content (AvgIpc) is 2.74. The van der Waals surface area contributed by atoms with Gasteiger partial charge in [-0.3, -0.25) is 14.0 Å². The molecule has 0 radical (unpaired) electrons. The number of halogens is 1. The van der Waals surface area contributed by atoms with Gasteiger partial charge in [0.1, 0.15) is 11.2 Å². The summed E-state index contributed by atoms with van der Waals surface area (Å²) in [5.41, 5.74) is 0.242. The predicted molar refractivity (Wildman–Crippen MR) is 120 cm³/mol. The Labute approximate surface area is 182 Å². The van der Waals surface area contributed by atoms with Crippen molar-refractivity contribution < 1.29 is 14.3 Å². The van der Waals surface area contributed by atoms with Crippen molar-refractivity contribution in [2.75, 3.05) is 11.9 Å². The van der Waals surface area contributed by atoms with Crippen LogP contribution in [0.4, 0.5) is 5.69 Å². The molecule has 158 valence electrons. The van der Waals surface area contributed by atoms with Gasteiger partial charge in [0.25, 0.3) is 5.56 Å². The van der Waals surface area contributed by atoms with Crippen LogP contribution in [0.1, 0.15) is 44.5 Å². The third-order valence-corrected chi connectivity index (χ3v) is 6.16. The molecule has 0 saturated carbocycles. The molecule has 2 heterocycles. The van der Waals surface area contributed by atoms with Gasteiger partial charge in [-0.1, -0.05) is 43.1 Å². The highest BCUT2D eigenvalue weighted by Gasteiger charge is 2.21. The Morgan fingerprint density at radius 3 is 2.63 bits per heavy atom. The van der Waals surface area contributed by atoms with Crippen LogP contribution in [0.2, 0.25) is 0 Å². The molecule has 3 aromatic rings. The summed E-state index contributed by atoms with van der Waals surface area (Å²) in [6.07, 6.45) is 3.68.